The second kappa shape index (κ2) is 6.53. The van der Waals surface area contributed by atoms with Gasteiger partial charge in [-0.05, 0) is 13.1 Å². The van der Waals surface area contributed by atoms with Crippen LogP contribution in [0.1, 0.15) is 6.42 Å². The number of nitrogens with one attached hydrogen (secondary N) is 1. The van der Waals surface area contributed by atoms with E-state index in [2.05, 4.69) is 24.1 Å². The second-order valence-corrected chi connectivity index (χ2v) is 2.75. The van der Waals surface area contributed by atoms with Crippen LogP contribution in [0.2, 0.25) is 0 Å². The van der Waals surface area contributed by atoms with Crippen molar-refractivity contribution in [1.82, 2.24) is 10.2 Å². The molecular weight excluding hydrogens is 213 g/mol. The molecule has 1 rings (SSSR count). The summed E-state index contributed by atoms with van der Waals surface area (Å²) in [7, 11) is 0. The average molecular weight is 229 g/mol. The normalized spacial score (nSPS) is 26.2. The summed E-state index contributed by atoms with van der Waals surface area (Å²) in [5, 5.41) is 3.30. The molecule has 1 fully saturated rings. The van der Waals surface area contributed by atoms with E-state index < -0.39 is 0 Å². The molecule has 1 N–H and O–H groups in total. The molecule has 0 aromatic rings. The Labute approximate surface area is 95.0 Å². The number of piperazine rings is 1. The Bertz CT molecular complexity index is 96.1. The van der Waals surface area contributed by atoms with E-state index in [0.29, 0.717) is 6.04 Å². The van der Waals surface area contributed by atoms with Gasteiger partial charge in [-0.15, -0.1) is 6.04 Å². The molecule has 0 aromatic carbocycles. The smallest absolute Gasteiger partial charge is 0.00806 e. The van der Waals surface area contributed by atoms with Gasteiger partial charge in [-0.1, -0.05) is 0 Å². The first-order valence-corrected chi connectivity index (χ1v) is 3.91. The van der Waals surface area contributed by atoms with Crippen molar-refractivity contribution in [2.24, 2.45) is 0 Å². The third kappa shape index (κ3) is 3.98. The molecule has 11 heavy (non-hydrogen) atoms. The molecule has 0 bridgehead atoms. The molecule has 1 atom stereocenters. The minimum atomic E-state index is 0. The SMILES string of the molecule is [CH2-]CCN1CCNCC1[CH2-].[Y]. The van der Waals surface area contributed by atoms with E-state index in [1.54, 1.807) is 0 Å². The quantitative estimate of drug-likeness (QED) is 0.686. The molecule has 1 unspecified atom stereocenters. The summed E-state index contributed by atoms with van der Waals surface area (Å²) in [5.74, 6) is 0. The maximum absolute atomic E-state index is 4.03. The Morgan fingerprint density at radius 1 is 1.55 bits per heavy atom. The van der Waals surface area contributed by atoms with E-state index in [4.69, 9.17) is 0 Å². The first kappa shape index (κ1) is 12.0. The predicted octanol–water partition coefficient (Wildman–Crippen LogP) is 0.316. The van der Waals surface area contributed by atoms with Crippen molar-refractivity contribution in [3.8, 4) is 0 Å². The van der Waals surface area contributed by atoms with Gasteiger partial charge in [0.2, 0.25) is 0 Å². The van der Waals surface area contributed by atoms with Crippen molar-refractivity contribution in [3.05, 3.63) is 13.8 Å². The number of rotatable bonds is 2. The van der Waals surface area contributed by atoms with Crippen LogP contribution in [0.4, 0.5) is 0 Å². The summed E-state index contributed by atoms with van der Waals surface area (Å²) in [4.78, 5) is 2.38. The molecule has 2 nitrogen and oxygen atoms in total. The Balaban J connectivity index is 0.000001000. The average Bonchev–Trinajstić information content (AvgIpc) is 1.94. The molecule has 1 aliphatic rings. The Kier molecular flexibility index (Phi) is 7.14. The summed E-state index contributed by atoms with van der Waals surface area (Å²) in [5.41, 5.74) is 0. The van der Waals surface area contributed by atoms with Crippen LogP contribution in [0.15, 0.2) is 0 Å². The van der Waals surface area contributed by atoms with E-state index in [9.17, 15) is 0 Å². The summed E-state index contributed by atoms with van der Waals surface area (Å²) >= 11 is 0. The van der Waals surface area contributed by atoms with E-state index in [0.717, 1.165) is 32.6 Å². The van der Waals surface area contributed by atoms with E-state index >= 15 is 0 Å². The van der Waals surface area contributed by atoms with Gasteiger partial charge in [-0.25, -0.2) is 0 Å². The third-order valence-electron chi connectivity index (χ3n) is 1.92. The first-order chi connectivity index (χ1) is 4.84. The van der Waals surface area contributed by atoms with Crippen molar-refractivity contribution < 1.29 is 32.7 Å². The molecule has 0 spiro atoms. The van der Waals surface area contributed by atoms with Gasteiger partial charge in [0.1, 0.15) is 0 Å². The van der Waals surface area contributed by atoms with Crippen LogP contribution in [-0.2, 0) is 32.7 Å². The monoisotopic (exact) mass is 229 g/mol. The third-order valence-corrected chi connectivity index (χ3v) is 1.92. The van der Waals surface area contributed by atoms with Gasteiger partial charge in [0.15, 0.2) is 0 Å². The van der Waals surface area contributed by atoms with Crippen LogP contribution in [0, 0.1) is 13.8 Å². The molecule has 1 aliphatic heterocycles. The van der Waals surface area contributed by atoms with Crippen LogP contribution >= 0.6 is 0 Å². The standard InChI is InChI=1S/C8H16N2.Y/c1-3-5-10-6-4-9-7-8(10)2;/h8-9H,1-7H2;/q-2;. The maximum Gasteiger partial charge on any atom is 0.00806 e. The van der Waals surface area contributed by atoms with Gasteiger partial charge in [-0.3, -0.25) is 0 Å². The molecule has 1 saturated heterocycles. The Morgan fingerprint density at radius 3 is 2.82 bits per heavy atom. The van der Waals surface area contributed by atoms with Gasteiger partial charge in [0.25, 0.3) is 0 Å². The maximum atomic E-state index is 4.03. The minimum Gasteiger partial charge on any atom is -0.342 e. The summed E-state index contributed by atoms with van der Waals surface area (Å²) < 4.78 is 0. The van der Waals surface area contributed by atoms with Crippen LogP contribution in [0.25, 0.3) is 0 Å². The van der Waals surface area contributed by atoms with Crippen molar-refractivity contribution in [2.45, 2.75) is 12.5 Å². The van der Waals surface area contributed by atoms with Crippen molar-refractivity contribution in [1.29, 1.82) is 0 Å². The fourth-order valence-corrected chi connectivity index (χ4v) is 1.30. The van der Waals surface area contributed by atoms with Gasteiger partial charge < -0.3 is 24.1 Å². The van der Waals surface area contributed by atoms with Gasteiger partial charge >= 0.3 is 0 Å². The zero-order valence-electron chi connectivity index (χ0n) is 7.05. The molecule has 0 saturated carbocycles. The molecule has 0 amide bonds. The minimum absolute atomic E-state index is 0. The van der Waals surface area contributed by atoms with E-state index in [1.807, 2.05) is 0 Å². The topological polar surface area (TPSA) is 15.3 Å². The van der Waals surface area contributed by atoms with Crippen LogP contribution in [-0.4, -0.2) is 37.1 Å². The zero-order valence-corrected chi connectivity index (χ0v) is 9.89. The predicted molar refractivity (Wildman–Crippen MR) is 43.6 cm³/mol. The Hall–Kier alpha value is 1.02. The molecule has 0 aliphatic carbocycles. The number of hydrogen-bond acceptors (Lipinski definition) is 2. The fraction of sp³-hybridized carbons (Fsp3) is 0.750. The van der Waals surface area contributed by atoms with E-state index in [-0.39, 0.29) is 32.7 Å². The summed E-state index contributed by atoms with van der Waals surface area (Å²) in [6.07, 6.45) is 0.992. The van der Waals surface area contributed by atoms with Crippen LogP contribution in [0.3, 0.4) is 0 Å². The molecule has 1 heterocycles. The van der Waals surface area contributed by atoms with Crippen molar-refractivity contribution in [3.63, 3.8) is 0 Å². The fourth-order valence-electron chi connectivity index (χ4n) is 1.30. The van der Waals surface area contributed by atoms with Gasteiger partial charge in [0.05, 0.1) is 0 Å². The first-order valence-electron chi connectivity index (χ1n) is 3.91. The largest absolute Gasteiger partial charge is 0.342 e. The number of nitrogens with zero attached hydrogens (tertiary/aromatic N) is 1. The molecule has 3 heteroatoms. The van der Waals surface area contributed by atoms with Crippen LogP contribution in [0.5, 0.6) is 0 Å². The molecule has 0 aromatic heterocycles. The number of hydrogen-bond donors (Lipinski definition) is 1. The second-order valence-electron chi connectivity index (χ2n) is 2.75. The molecule has 63 valence electrons. The van der Waals surface area contributed by atoms with Crippen molar-refractivity contribution >= 4 is 0 Å². The van der Waals surface area contributed by atoms with Gasteiger partial charge in [-0.2, -0.15) is 6.42 Å². The van der Waals surface area contributed by atoms with E-state index in [1.165, 1.54) is 0 Å². The summed E-state index contributed by atoms with van der Waals surface area (Å²) in [6.45, 7) is 12.2. The molecular formula is C8H16N2Y-2. The summed E-state index contributed by atoms with van der Waals surface area (Å²) in [6, 6.07) is 0.454. The van der Waals surface area contributed by atoms with Crippen molar-refractivity contribution in [2.75, 3.05) is 26.2 Å². The zero-order chi connectivity index (χ0) is 7.40. The molecule has 1 radical (unpaired) electrons. The Morgan fingerprint density at radius 2 is 2.27 bits per heavy atom. The van der Waals surface area contributed by atoms with Gasteiger partial charge in [0, 0.05) is 45.8 Å². The van der Waals surface area contributed by atoms with Crippen LogP contribution < -0.4 is 5.32 Å².